The van der Waals surface area contributed by atoms with Gasteiger partial charge in [-0.25, -0.2) is 8.42 Å². The van der Waals surface area contributed by atoms with Crippen molar-refractivity contribution in [2.75, 3.05) is 26.3 Å². The van der Waals surface area contributed by atoms with Gasteiger partial charge in [0, 0.05) is 13.1 Å². The van der Waals surface area contributed by atoms with E-state index in [1.54, 1.807) is 6.92 Å². The Morgan fingerprint density at radius 2 is 2.38 bits per heavy atom. The lowest BCUT2D eigenvalue weighted by Gasteiger charge is -2.33. The molecule has 0 saturated carbocycles. The van der Waals surface area contributed by atoms with Crippen LogP contribution < -0.4 is 5.32 Å². The molecule has 1 saturated heterocycles. The quantitative estimate of drug-likeness (QED) is 0.809. The van der Waals surface area contributed by atoms with Crippen LogP contribution in [0.2, 0.25) is 5.02 Å². The number of nitrogens with one attached hydrogen (secondary N) is 1. The normalized spacial score (nSPS) is 20.4. The number of carbonyl (C=O) groups excluding carboxylic acids is 1. The maximum atomic E-state index is 12.7. The molecule has 0 aliphatic carbocycles. The van der Waals surface area contributed by atoms with Crippen molar-refractivity contribution in [3.05, 3.63) is 14.9 Å². The van der Waals surface area contributed by atoms with Gasteiger partial charge in [-0.15, -0.1) is 11.3 Å². The number of sulfonamides is 1. The Morgan fingerprint density at radius 1 is 1.67 bits per heavy atom. The summed E-state index contributed by atoms with van der Waals surface area (Å²) in [5.41, 5.74) is 0. The zero-order valence-corrected chi connectivity index (χ0v) is 15.1. The molecule has 2 heterocycles. The number of amides is 1. The summed E-state index contributed by atoms with van der Waals surface area (Å²) >= 11 is 10.1. The molecule has 1 aliphatic heterocycles. The summed E-state index contributed by atoms with van der Waals surface area (Å²) in [6, 6.07) is 0.527. The van der Waals surface area contributed by atoms with Crippen molar-refractivity contribution >= 4 is 54.8 Å². The second kappa shape index (κ2) is 6.93. The summed E-state index contributed by atoms with van der Waals surface area (Å²) in [4.78, 5) is 12.0. The lowest BCUT2D eigenvalue weighted by Crippen LogP contribution is -2.55. The number of thiophene rings is 1. The van der Waals surface area contributed by atoms with E-state index in [1.807, 2.05) is 0 Å². The van der Waals surface area contributed by atoms with Gasteiger partial charge >= 0.3 is 0 Å². The number of halogens is 2. The summed E-state index contributed by atoms with van der Waals surface area (Å²) in [6.07, 6.45) is 0. The molecule has 10 heteroatoms. The lowest BCUT2D eigenvalue weighted by atomic mass is 10.2. The zero-order valence-electron chi connectivity index (χ0n) is 11.1. The van der Waals surface area contributed by atoms with Crippen LogP contribution in [0.15, 0.2) is 14.1 Å². The maximum absolute atomic E-state index is 12.7. The number of ether oxygens (including phenoxy) is 1. The van der Waals surface area contributed by atoms with Crippen LogP contribution in [0.1, 0.15) is 6.92 Å². The Kier molecular flexibility index (Phi) is 5.66. The number of nitrogens with zero attached hydrogens (tertiary/aromatic N) is 1. The van der Waals surface area contributed by atoms with Crippen molar-refractivity contribution in [3.63, 3.8) is 0 Å². The summed E-state index contributed by atoms with van der Waals surface area (Å²) in [5.74, 6) is -0.359. The molecule has 1 fully saturated rings. The minimum atomic E-state index is -3.78. The molecular weight excluding hydrogens is 404 g/mol. The molecule has 1 aromatic rings. The van der Waals surface area contributed by atoms with Gasteiger partial charge in [0.15, 0.2) is 0 Å². The summed E-state index contributed by atoms with van der Waals surface area (Å²) in [5, 5.41) is 2.96. The molecule has 6 nitrogen and oxygen atoms in total. The van der Waals surface area contributed by atoms with Crippen molar-refractivity contribution in [3.8, 4) is 0 Å². The van der Waals surface area contributed by atoms with Crippen LogP contribution in [0.25, 0.3) is 0 Å². The van der Waals surface area contributed by atoms with E-state index in [0.717, 1.165) is 11.3 Å². The van der Waals surface area contributed by atoms with Crippen LogP contribution in [0.3, 0.4) is 0 Å². The van der Waals surface area contributed by atoms with Crippen LogP contribution in [-0.2, 0) is 19.6 Å². The number of hydrogen-bond donors (Lipinski definition) is 1. The molecule has 0 radical (unpaired) electrons. The average Bonchev–Trinajstić information content (AvgIpc) is 2.80. The Labute approximate surface area is 140 Å². The summed E-state index contributed by atoms with van der Waals surface area (Å²) < 4.78 is 32.5. The maximum Gasteiger partial charge on any atom is 0.253 e. The van der Waals surface area contributed by atoms with Gasteiger partial charge < -0.3 is 10.1 Å². The third-order valence-electron chi connectivity index (χ3n) is 2.92. The molecule has 1 amide bonds. The molecule has 2 rings (SSSR count). The predicted octanol–water partition coefficient (Wildman–Crippen LogP) is 1.69. The first-order valence-electron chi connectivity index (χ1n) is 6.20. The standard InChI is InChI=1S/C11H14BrClN2O4S2/c1-2-14-11(16)8-6-19-4-3-15(8)21(17,18)9-5-7(13)10(12)20-9/h5,8H,2-4,6H2,1H3,(H,14,16). The van der Waals surface area contributed by atoms with Crippen LogP contribution in [0.5, 0.6) is 0 Å². The Hall–Kier alpha value is -0.190. The molecule has 1 aliphatic rings. The highest BCUT2D eigenvalue weighted by Crippen LogP contribution is 2.36. The second-order valence-electron chi connectivity index (χ2n) is 4.29. The van der Waals surface area contributed by atoms with Crippen LogP contribution in [0.4, 0.5) is 0 Å². The van der Waals surface area contributed by atoms with Crippen LogP contribution in [0, 0.1) is 0 Å². The van der Waals surface area contributed by atoms with E-state index < -0.39 is 16.1 Å². The van der Waals surface area contributed by atoms with E-state index in [4.69, 9.17) is 16.3 Å². The second-order valence-corrected chi connectivity index (χ2v) is 9.18. The Morgan fingerprint density at radius 3 is 2.95 bits per heavy atom. The topological polar surface area (TPSA) is 75.7 Å². The molecule has 21 heavy (non-hydrogen) atoms. The monoisotopic (exact) mass is 416 g/mol. The van der Waals surface area contributed by atoms with Gasteiger partial charge in [-0.1, -0.05) is 11.6 Å². The molecule has 0 aromatic carbocycles. The third-order valence-corrected chi connectivity index (χ3v) is 7.75. The van der Waals surface area contributed by atoms with Gasteiger partial charge in [-0.2, -0.15) is 4.31 Å². The van der Waals surface area contributed by atoms with Crippen LogP contribution >= 0.6 is 38.9 Å². The van der Waals surface area contributed by atoms with Gasteiger partial charge in [0.1, 0.15) is 10.3 Å². The zero-order chi connectivity index (χ0) is 15.6. The first kappa shape index (κ1) is 17.2. The number of likely N-dealkylation sites (N-methyl/N-ethyl adjacent to an activating group) is 1. The SMILES string of the molecule is CCNC(=O)C1COCCN1S(=O)(=O)c1cc(Cl)c(Br)s1. The highest BCUT2D eigenvalue weighted by atomic mass is 79.9. The fraction of sp³-hybridized carbons (Fsp3) is 0.545. The number of morpholine rings is 1. The van der Waals surface area contributed by atoms with E-state index in [0.29, 0.717) is 15.4 Å². The largest absolute Gasteiger partial charge is 0.378 e. The highest BCUT2D eigenvalue weighted by molar-refractivity contribution is 9.11. The van der Waals surface area contributed by atoms with Crippen molar-refractivity contribution in [1.29, 1.82) is 0 Å². The first-order valence-corrected chi connectivity index (χ1v) is 9.62. The molecule has 1 N–H and O–H groups in total. The molecule has 1 aromatic heterocycles. The average molecular weight is 418 g/mol. The van der Waals surface area contributed by atoms with Crippen molar-refractivity contribution in [1.82, 2.24) is 9.62 Å². The van der Waals surface area contributed by atoms with Gasteiger partial charge in [0.25, 0.3) is 10.0 Å². The third kappa shape index (κ3) is 3.59. The molecule has 0 bridgehead atoms. The van der Waals surface area contributed by atoms with Crippen molar-refractivity contribution < 1.29 is 17.9 Å². The number of hydrogen-bond acceptors (Lipinski definition) is 5. The summed E-state index contributed by atoms with van der Waals surface area (Å²) in [6.45, 7) is 2.65. The van der Waals surface area contributed by atoms with Gasteiger partial charge in [0.2, 0.25) is 5.91 Å². The number of rotatable bonds is 4. The van der Waals surface area contributed by atoms with E-state index in [-0.39, 0.29) is 29.9 Å². The molecule has 1 unspecified atom stereocenters. The van der Waals surface area contributed by atoms with Crippen molar-refractivity contribution in [2.24, 2.45) is 0 Å². The molecule has 1 atom stereocenters. The first-order chi connectivity index (χ1) is 9.87. The van der Waals surface area contributed by atoms with E-state index >= 15 is 0 Å². The minimum Gasteiger partial charge on any atom is -0.378 e. The van der Waals surface area contributed by atoms with E-state index in [2.05, 4.69) is 21.2 Å². The fourth-order valence-corrected chi connectivity index (χ4v) is 6.03. The van der Waals surface area contributed by atoms with Crippen LogP contribution in [-0.4, -0.2) is 51.0 Å². The molecule has 118 valence electrons. The Balaban J connectivity index is 2.33. The predicted molar refractivity (Wildman–Crippen MR) is 84.2 cm³/mol. The fourth-order valence-electron chi connectivity index (χ4n) is 1.94. The lowest BCUT2D eigenvalue weighted by molar-refractivity contribution is -0.129. The van der Waals surface area contributed by atoms with Crippen molar-refractivity contribution in [2.45, 2.75) is 17.2 Å². The molecule has 0 spiro atoms. The summed E-state index contributed by atoms with van der Waals surface area (Å²) in [7, 11) is -3.78. The van der Waals surface area contributed by atoms with Gasteiger partial charge in [-0.3, -0.25) is 4.79 Å². The van der Waals surface area contributed by atoms with Gasteiger partial charge in [-0.05, 0) is 28.9 Å². The smallest absolute Gasteiger partial charge is 0.253 e. The highest BCUT2D eigenvalue weighted by Gasteiger charge is 2.39. The number of carbonyl (C=O) groups is 1. The van der Waals surface area contributed by atoms with E-state index in [9.17, 15) is 13.2 Å². The molecular formula is C11H14BrClN2O4S2. The Bertz CT molecular complexity index is 615. The minimum absolute atomic E-state index is 0.0470. The van der Waals surface area contributed by atoms with Gasteiger partial charge in [0.05, 0.1) is 22.0 Å². The van der Waals surface area contributed by atoms with E-state index in [1.165, 1.54) is 10.4 Å².